The van der Waals surface area contributed by atoms with Gasteiger partial charge in [-0.15, -0.1) is 0 Å². The van der Waals surface area contributed by atoms with Gasteiger partial charge in [0, 0.05) is 18.0 Å². The first kappa shape index (κ1) is 17.3. The molecule has 0 saturated heterocycles. The third-order valence-electron chi connectivity index (χ3n) is 5.10. The number of esters is 1. The molecule has 0 bridgehead atoms. The molecule has 1 unspecified atom stereocenters. The molecule has 5 heteroatoms. The normalized spacial score (nSPS) is 15.7. The van der Waals surface area contributed by atoms with Gasteiger partial charge in [-0.25, -0.2) is 4.79 Å². The minimum atomic E-state index is -0.315. The number of carbonyl (C=O) groups is 1. The Kier molecular flexibility index (Phi) is 4.92. The van der Waals surface area contributed by atoms with E-state index in [4.69, 9.17) is 13.9 Å². The Morgan fingerprint density at radius 3 is 3.00 bits per heavy atom. The average Bonchev–Trinajstić information content (AvgIpc) is 3.26. The molecule has 0 fully saturated rings. The highest BCUT2D eigenvalue weighted by Crippen LogP contribution is 2.39. The molecular formula is C22H21NO4. The second-order valence-electron chi connectivity index (χ2n) is 6.66. The van der Waals surface area contributed by atoms with Crippen LogP contribution in [-0.4, -0.2) is 24.7 Å². The Bertz CT molecular complexity index is 933. The maximum atomic E-state index is 12.0. The maximum absolute atomic E-state index is 12.0. The van der Waals surface area contributed by atoms with Gasteiger partial charge in [0.15, 0.2) is 0 Å². The summed E-state index contributed by atoms with van der Waals surface area (Å²) in [6, 6.07) is 9.99. The van der Waals surface area contributed by atoms with E-state index in [2.05, 4.69) is 23.2 Å². The minimum absolute atomic E-state index is 0.315. The van der Waals surface area contributed by atoms with Crippen LogP contribution in [0.1, 0.15) is 40.2 Å². The second-order valence-corrected chi connectivity index (χ2v) is 6.66. The molecule has 27 heavy (non-hydrogen) atoms. The van der Waals surface area contributed by atoms with Crippen molar-refractivity contribution < 1.29 is 18.7 Å². The Balaban J connectivity index is 1.53. The van der Waals surface area contributed by atoms with E-state index in [1.54, 1.807) is 31.0 Å². The number of fused-ring (bicyclic) bond motifs is 1. The number of ether oxygens (including phenoxy) is 2. The van der Waals surface area contributed by atoms with Crippen molar-refractivity contribution in [1.82, 2.24) is 4.98 Å². The molecule has 0 aliphatic carbocycles. The van der Waals surface area contributed by atoms with E-state index in [0.717, 1.165) is 41.7 Å². The lowest BCUT2D eigenvalue weighted by Gasteiger charge is -2.26. The molecule has 0 spiro atoms. The monoisotopic (exact) mass is 363 g/mol. The van der Waals surface area contributed by atoms with Gasteiger partial charge in [-0.1, -0.05) is 12.1 Å². The van der Waals surface area contributed by atoms with Crippen molar-refractivity contribution >= 4 is 5.97 Å². The lowest BCUT2D eigenvalue weighted by molar-refractivity contribution is 0.0599. The molecule has 5 nitrogen and oxygen atoms in total. The molecule has 1 aliphatic heterocycles. The predicted molar refractivity (Wildman–Crippen MR) is 101 cm³/mol. The summed E-state index contributed by atoms with van der Waals surface area (Å²) in [6.45, 7) is 0.698. The van der Waals surface area contributed by atoms with Crippen molar-refractivity contribution in [2.24, 2.45) is 0 Å². The van der Waals surface area contributed by atoms with Gasteiger partial charge < -0.3 is 13.9 Å². The molecule has 0 saturated carbocycles. The largest absolute Gasteiger partial charge is 0.493 e. The lowest BCUT2D eigenvalue weighted by Crippen LogP contribution is -2.15. The number of methoxy groups -OCH3 is 1. The average molecular weight is 363 g/mol. The van der Waals surface area contributed by atoms with Gasteiger partial charge in [0.1, 0.15) is 5.75 Å². The summed E-state index contributed by atoms with van der Waals surface area (Å²) in [5, 5.41) is 0. The van der Waals surface area contributed by atoms with Crippen molar-refractivity contribution in [1.29, 1.82) is 0 Å². The molecule has 0 N–H and O–H groups in total. The number of furan rings is 1. The van der Waals surface area contributed by atoms with Gasteiger partial charge in [-0.05, 0) is 60.1 Å². The SMILES string of the molecule is COC(=O)c1ccncc1CCC1CCOc2cc(-c3ccoc3)ccc21. The van der Waals surface area contributed by atoms with Crippen molar-refractivity contribution in [3.63, 3.8) is 0 Å². The number of pyridine rings is 1. The van der Waals surface area contributed by atoms with Gasteiger partial charge in [0.05, 0.1) is 31.8 Å². The number of benzene rings is 1. The summed E-state index contributed by atoms with van der Waals surface area (Å²) in [5.41, 5.74) is 4.87. The molecular weight excluding hydrogens is 342 g/mol. The van der Waals surface area contributed by atoms with Crippen LogP contribution in [0.25, 0.3) is 11.1 Å². The summed E-state index contributed by atoms with van der Waals surface area (Å²) >= 11 is 0. The zero-order valence-corrected chi connectivity index (χ0v) is 15.2. The highest BCUT2D eigenvalue weighted by atomic mass is 16.5. The molecule has 2 aromatic heterocycles. The minimum Gasteiger partial charge on any atom is -0.493 e. The molecule has 138 valence electrons. The van der Waals surface area contributed by atoms with E-state index < -0.39 is 0 Å². The van der Waals surface area contributed by atoms with E-state index in [1.165, 1.54) is 12.7 Å². The quantitative estimate of drug-likeness (QED) is 0.619. The Morgan fingerprint density at radius 1 is 1.26 bits per heavy atom. The summed E-state index contributed by atoms with van der Waals surface area (Å²) in [4.78, 5) is 16.1. The van der Waals surface area contributed by atoms with Gasteiger partial charge in [0.2, 0.25) is 0 Å². The lowest BCUT2D eigenvalue weighted by atomic mass is 9.86. The van der Waals surface area contributed by atoms with Crippen LogP contribution in [0.4, 0.5) is 0 Å². The van der Waals surface area contributed by atoms with Crippen LogP contribution in [0, 0.1) is 0 Å². The van der Waals surface area contributed by atoms with Gasteiger partial charge in [0.25, 0.3) is 0 Å². The van der Waals surface area contributed by atoms with Crippen LogP contribution in [0.15, 0.2) is 59.7 Å². The third kappa shape index (κ3) is 3.58. The van der Waals surface area contributed by atoms with Crippen LogP contribution in [-0.2, 0) is 11.2 Å². The first-order chi connectivity index (χ1) is 13.3. The van der Waals surface area contributed by atoms with Crippen molar-refractivity contribution in [2.75, 3.05) is 13.7 Å². The first-order valence-corrected chi connectivity index (χ1v) is 9.07. The molecule has 3 aromatic rings. The molecule has 0 amide bonds. The summed E-state index contributed by atoms with van der Waals surface area (Å²) in [7, 11) is 1.40. The van der Waals surface area contributed by atoms with Crippen molar-refractivity contribution in [2.45, 2.75) is 25.2 Å². The van der Waals surface area contributed by atoms with E-state index >= 15 is 0 Å². The smallest absolute Gasteiger partial charge is 0.338 e. The second kappa shape index (κ2) is 7.66. The third-order valence-corrected chi connectivity index (χ3v) is 5.10. The molecule has 1 aliphatic rings. The molecule has 3 heterocycles. The number of rotatable bonds is 5. The van der Waals surface area contributed by atoms with Crippen LogP contribution < -0.4 is 4.74 Å². The molecule has 0 radical (unpaired) electrons. The molecule has 1 atom stereocenters. The van der Waals surface area contributed by atoms with E-state index in [9.17, 15) is 4.79 Å². The number of carbonyl (C=O) groups excluding carboxylic acids is 1. The fourth-order valence-corrected chi connectivity index (χ4v) is 3.64. The highest BCUT2D eigenvalue weighted by Gasteiger charge is 2.23. The summed E-state index contributed by atoms with van der Waals surface area (Å²) in [6.07, 6.45) is 9.45. The van der Waals surface area contributed by atoms with Gasteiger partial charge in [-0.3, -0.25) is 4.98 Å². The molecule has 4 rings (SSSR count). The van der Waals surface area contributed by atoms with Crippen LogP contribution in [0.3, 0.4) is 0 Å². The number of nitrogens with zero attached hydrogens (tertiary/aromatic N) is 1. The zero-order valence-electron chi connectivity index (χ0n) is 15.2. The van der Waals surface area contributed by atoms with Gasteiger partial charge in [-0.2, -0.15) is 0 Å². The first-order valence-electron chi connectivity index (χ1n) is 9.07. The summed E-state index contributed by atoms with van der Waals surface area (Å²) in [5.74, 6) is 1.01. The Labute approximate surface area is 157 Å². The maximum Gasteiger partial charge on any atom is 0.338 e. The van der Waals surface area contributed by atoms with E-state index in [1.807, 2.05) is 6.07 Å². The Morgan fingerprint density at radius 2 is 2.19 bits per heavy atom. The fraction of sp³-hybridized carbons (Fsp3) is 0.273. The van der Waals surface area contributed by atoms with E-state index in [-0.39, 0.29) is 5.97 Å². The predicted octanol–water partition coefficient (Wildman–Crippen LogP) is 4.63. The highest BCUT2D eigenvalue weighted by molar-refractivity contribution is 5.90. The number of aromatic nitrogens is 1. The number of hydrogen-bond acceptors (Lipinski definition) is 5. The standard InChI is InChI=1S/C22H21NO4/c1-25-22(24)20-6-9-23-13-17(20)3-2-15-8-11-27-21-12-16(4-5-19(15)21)18-7-10-26-14-18/h4-7,9-10,12-15H,2-3,8,11H2,1H3. The van der Waals surface area contributed by atoms with Crippen LogP contribution in [0.5, 0.6) is 5.75 Å². The van der Waals surface area contributed by atoms with Crippen LogP contribution in [0.2, 0.25) is 0 Å². The zero-order chi connectivity index (χ0) is 18.6. The molecule has 1 aromatic carbocycles. The number of aryl methyl sites for hydroxylation is 1. The topological polar surface area (TPSA) is 61.6 Å². The van der Waals surface area contributed by atoms with Crippen LogP contribution >= 0.6 is 0 Å². The van der Waals surface area contributed by atoms with E-state index in [0.29, 0.717) is 18.1 Å². The number of hydrogen-bond donors (Lipinski definition) is 0. The van der Waals surface area contributed by atoms with Crippen molar-refractivity contribution in [3.05, 3.63) is 71.9 Å². The van der Waals surface area contributed by atoms with Gasteiger partial charge >= 0.3 is 5.97 Å². The fourth-order valence-electron chi connectivity index (χ4n) is 3.64. The summed E-state index contributed by atoms with van der Waals surface area (Å²) < 4.78 is 16.0. The van der Waals surface area contributed by atoms with Crippen molar-refractivity contribution in [3.8, 4) is 16.9 Å². The Hall–Kier alpha value is -3.08.